The van der Waals surface area contributed by atoms with E-state index >= 15 is 0 Å². The van der Waals surface area contributed by atoms with Gasteiger partial charge in [0, 0.05) is 24.7 Å². The molecule has 25 heavy (non-hydrogen) atoms. The molecule has 0 saturated heterocycles. The first-order valence-electron chi connectivity index (χ1n) is 10.1. The van der Waals surface area contributed by atoms with E-state index in [0.29, 0.717) is 36.4 Å². The molecule has 4 nitrogen and oxygen atoms in total. The zero-order valence-corrected chi connectivity index (χ0v) is 15.8. The molecule has 140 valence electrons. The summed E-state index contributed by atoms with van der Waals surface area (Å²) < 4.78 is 0. The van der Waals surface area contributed by atoms with Gasteiger partial charge in [-0.05, 0) is 68.1 Å². The average Bonchev–Trinajstić information content (AvgIpc) is 2.77. The van der Waals surface area contributed by atoms with Crippen LogP contribution in [0.2, 0.25) is 0 Å². The lowest BCUT2D eigenvalue weighted by Crippen LogP contribution is -2.60. The maximum absolute atomic E-state index is 12.7. The van der Waals surface area contributed by atoms with Crippen LogP contribution in [0.4, 0.5) is 0 Å². The fourth-order valence-electron chi connectivity index (χ4n) is 7.60. The summed E-state index contributed by atoms with van der Waals surface area (Å²) in [7, 11) is 0. The van der Waals surface area contributed by atoms with E-state index in [9.17, 15) is 19.8 Å². The molecule has 4 heteroatoms. The van der Waals surface area contributed by atoms with Crippen molar-refractivity contribution < 1.29 is 19.8 Å². The third kappa shape index (κ3) is 2.07. The highest BCUT2D eigenvalue weighted by molar-refractivity contribution is 5.91. The number of ketones is 2. The van der Waals surface area contributed by atoms with Crippen molar-refractivity contribution >= 4 is 11.6 Å². The predicted octanol–water partition coefficient (Wildman–Crippen LogP) is 2.89. The first kappa shape index (κ1) is 17.7. The molecule has 0 unspecified atom stereocenters. The van der Waals surface area contributed by atoms with E-state index in [4.69, 9.17) is 0 Å². The van der Waals surface area contributed by atoms with E-state index in [0.717, 1.165) is 38.5 Å². The van der Waals surface area contributed by atoms with Gasteiger partial charge >= 0.3 is 0 Å². The minimum absolute atomic E-state index is 0.161. The minimum atomic E-state index is -1.59. The molecule has 4 saturated carbocycles. The number of hydrogen-bond donors (Lipinski definition) is 2. The number of hydrogen-bond acceptors (Lipinski definition) is 4. The summed E-state index contributed by atoms with van der Waals surface area (Å²) in [6.45, 7) is 5.97. The normalized spacial score (nSPS) is 53.8. The van der Waals surface area contributed by atoms with Crippen LogP contribution in [0.3, 0.4) is 0 Å². The monoisotopic (exact) mass is 348 g/mol. The van der Waals surface area contributed by atoms with E-state index in [1.165, 1.54) is 0 Å². The number of aliphatic hydroxyl groups excluding tert-OH is 1. The largest absolute Gasteiger partial charge is 0.390 e. The van der Waals surface area contributed by atoms with E-state index < -0.39 is 17.1 Å². The second-order valence-electron chi connectivity index (χ2n) is 9.93. The van der Waals surface area contributed by atoms with Crippen molar-refractivity contribution in [2.45, 2.75) is 83.8 Å². The topological polar surface area (TPSA) is 74.6 Å². The molecule has 0 aliphatic heterocycles. The fraction of sp³-hybridized carbons (Fsp3) is 0.905. The molecular formula is C21H32O4. The molecule has 4 aliphatic carbocycles. The molecule has 4 aliphatic rings. The Hall–Kier alpha value is -0.740. The van der Waals surface area contributed by atoms with Crippen LogP contribution in [0.15, 0.2) is 0 Å². The van der Waals surface area contributed by atoms with Gasteiger partial charge in [-0.15, -0.1) is 0 Å². The van der Waals surface area contributed by atoms with Crippen molar-refractivity contribution in [1.29, 1.82) is 0 Å². The van der Waals surface area contributed by atoms with Crippen LogP contribution < -0.4 is 0 Å². The number of carbonyl (C=O) groups is 2. The van der Waals surface area contributed by atoms with Crippen LogP contribution >= 0.6 is 0 Å². The van der Waals surface area contributed by atoms with Crippen LogP contribution in [0.5, 0.6) is 0 Å². The summed E-state index contributed by atoms with van der Waals surface area (Å²) in [6, 6.07) is 0. The smallest absolute Gasteiger partial charge is 0.167 e. The van der Waals surface area contributed by atoms with Crippen LogP contribution in [0, 0.1) is 34.5 Å². The van der Waals surface area contributed by atoms with Crippen molar-refractivity contribution in [3.05, 3.63) is 0 Å². The summed E-state index contributed by atoms with van der Waals surface area (Å²) in [5, 5.41) is 21.4. The Balaban J connectivity index is 1.68. The number of fused-ring (bicyclic) bond motifs is 5. The van der Waals surface area contributed by atoms with Gasteiger partial charge in [0.25, 0.3) is 0 Å². The molecule has 8 atom stereocenters. The summed E-state index contributed by atoms with van der Waals surface area (Å²) in [5.41, 5.74) is -1.91. The average molecular weight is 348 g/mol. The second kappa shape index (κ2) is 5.39. The van der Waals surface area contributed by atoms with Crippen molar-refractivity contribution in [1.82, 2.24) is 0 Å². The number of Topliss-reactive ketones (excluding diaryl/α,β-unsaturated/α-hetero) is 2. The van der Waals surface area contributed by atoms with Crippen LogP contribution in [-0.2, 0) is 9.59 Å². The van der Waals surface area contributed by atoms with E-state index in [2.05, 4.69) is 6.92 Å². The van der Waals surface area contributed by atoms with Gasteiger partial charge in [0.1, 0.15) is 5.78 Å². The number of carbonyl (C=O) groups excluding carboxylic acids is 2. The van der Waals surface area contributed by atoms with Crippen molar-refractivity contribution in [2.75, 3.05) is 0 Å². The summed E-state index contributed by atoms with van der Waals surface area (Å²) in [6.07, 6.45) is 5.72. The Bertz CT molecular complexity index is 613. The van der Waals surface area contributed by atoms with E-state index in [1.807, 2.05) is 6.92 Å². The third-order valence-corrected chi connectivity index (χ3v) is 9.18. The molecule has 4 fully saturated rings. The Kier molecular flexibility index (Phi) is 3.81. The Labute approximate surface area is 150 Å². The lowest BCUT2D eigenvalue weighted by Gasteiger charge is -2.60. The highest BCUT2D eigenvalue weighted by atomic mass is 16.4. The number of rotatable bonds is 1. The summed E-state index contributed by atoms with van der Waals surface area (Å²) in [4.78, 5) is 24.7. The predicted molar refractivity (Wildman–Crippen MR) is 93.8 cm³/mol. The Morgan fingerprint density at radius 2 is 1.76 bits per heavy atom. The van der Waals surface area contributed by atoms with Gasteiger partial charge in [-0.2, -0.15) is 0 Å². The SMILES string of the molecule is C[C@@H](O)[C@@]1(O)C(=O)C[C@H]2[C@@H]3CC[C@H]4CC(=O)CC[C@]4(C)[C@H]3CC[C@@]21C. The lowest BCUT2D eigenvalue weighted by molar-refractivity contribution is -0.187. The van der Waals surface area contributed by atoms with Gasteiger partial charge in [-0.25, -0.2) is 0 Å². The third-order valence-electron chi connectivity index (χ3n) is 9.18. The maximum Gasteiger partial charge on any atom is 0.167 e. The molecule has 0 heterocycles. The van der Waals surface area contributed by atoms with Gasteiger partial charge in [0.15, 0.2) is 11.4 Å². The first-order valence-corrected chi connectivity index (χ1v) is 10.1. The van der Waals surface area contributed by atoms with Gasteiger partial charge in [0.05, 0.1) is 6.10 Å². The fourth-order valence-corrected chi connectivity index (χ4v) is 7.60. The van der Waals surface area contributed by atoms with Crippen molar-refractivity contribution in [3.63, 3.8) is 0 Å². The molecule has 0 aromatic heterocycles. The zero-order valence-electron chi connectivity index (χ0n) is 15.8. The molecule has 4 rings (SSSR count). The van der Waals surface area contributed by atoms with Crippen molar-refractivity contribution in [3.8, 4) is 0 Å². The molecule has 0 aromatic rings. The number of aliphatic hydroxyl groups is 2. The second-order valence-corrected chi connectivity index (χ2v) is 9.93. The highest BCUT2D eigenvalue weighted by Gasteiger charge is 2.69. The van der Waals surface area contributed by atoms with Crippen LogP contribution in [0.1, 0.15) is 72.1 Å². The molecule has 2 N–H and O–H groups in total. The molecule has 0 amide bonds. The van der Waals surface area contributed by atoms with Gasteiger partial charge in [-0.3, -0.25) is 9.59 Å². The summed E-state index contributed by atoms with van der Waals surface area (Å²) >= 11 is 0. The quantitative estimate of drug-likeness (QED) is 0.764. The molecule has 0 radical (unpaired) electrons. The van der Waals surface area contributed by atoms with Crippen LogP contribution in [0.25, 0.3) is 0 Å². The van der Waals surface area contributed by atoms with E-state index in [-0.39, 0.29) is 17.1 Å². The zero-order chi connectivity index (χ0) is 18.2. The Morgan fingerprint density at radius 1 is 1.04 bits per heavy atom. The van der Waals surface area contributed by atoms with Crippen molar-refractivity contribution in [2.24, 2.45) is 34.5 Å². The van der Waals surface area contributed by atoms with Crippen LogP contribution in [-0.4, -0.2) is 33.5 Å². The molecule has 0 bridgehead atoms. The maximum atomic E-state index is 12.7. The Morgan fingerprint density at radius 3 is 2.44 bits per heavy atom. The van der Waals surface area contributed by atoms with Gasteiger partial charge < -0.3 is 10.2 Å². The van der Waals surface area contributed by atoms with Gasteiger partial charge in [0.2, 0.25) is 0 Å². The molecular weight excluding hydrogens is 316 g/mol. The van der Waals surface area contributed by atoms with E-state index in [1.54, 1.807) is 6.92 Å². The summed E-state index contributed by atoms with van der Waals surface area (Å²) in [5.74, 6) is 1.88. The highest BCUT2D eigenvalue weighted by Crippen LogP contribution is 2.67. The molecule has 0 aromatic carbocycles. The first-order chi connectivity index (χ1) is 11.6. The standard InChI is InChI=1S/C21H32O4/c1-12(22)21(25)18(24)11-17-15-5-4-13-10-14(23)6-8-19(13,2)16(15)7-9-20(17,21)3/h12-13,15-17,22,25H,4-11H2,1-3H3/t12-,13+,15-,16+,17+,19+,20+,21-/m1/s1. The molecule has 0 spiro atoms. The minimum Gasteiger partial charge on any atom is -0.390 e. The van der Waals surface area contributed by atoms with Gasteiger partial charge in [-0.1, -0.05) is 13.8 Å². The lowest BCUT2D eigenvalue weighted by atomic mass is 9.44.